The van der Waals surface area contributed by atoms with E-state index in [0.29, 0.717) is 0 Å². The number of carbonyl (C=O) groups is 1. The molecule has 20 heavy (non-hydrogen) atoms. The second-order valence-corrected chi connectivity index (χ2v) is 4.04. The van der Waals surface area contributed by atoms with Crippen LogP contribution in [-0.4, -0.2) is 30.3 Å². The molecule has 8 heteroatoms. The van der Waals surface area contributed by atoms with Crippen molar-refractivity contribution in [1.82, 2.24) is 5.32 Å². The van der Waals surface area contributed by atoms with Gasteiger partial charge in [-0.1, -0.05) is 12.1 Å². The molecule has 0 saturated carbocycles. The first-order chi connectivity index (χ1) is 8.95. The van der Waals surface area contributed by atoms with Crippen LogP contribution in [0.25, 0.3) is 0 Å². The molecular weight excluding hydrogens is 296 g/mol. The van der Waals surface area contributed by atoms with Gasteiger partial charge >= 0.3 is 12.0 Å². The number of amides is 1. The lowest BCUT2D eigenvalue weighted by Crippen LogP contribution is -2.49. The normalized spacial score (nSPS) is 20.4. The predicted molar refractivity (Wildman–Crippen MR) is 68.7 cm³/mol. The number of carbonyl (C=O) groups excluding carboxylic acids is 1. The molecule has 0 unspecified atom stereocenters. The Balaban J connectivity index is 0.00000200. The van der Waals surface area contributed by atoms with E-state index in [-0.39, 0.29) is 30.3 Å². The highest BCUT2D eigenvalue weighted by molar-refractivity contribution is 5.85. The minimum atomic E-state index is -3.31. The number of hydrogen-bond donors (Lipinski definition) is 2. The second-order valence-electron chi connectivity index (χ2n) is 4.04. The summed E-state index contributed by atoms with van der Waals surface area (Å²) in [4.78, 5) is 11.1. The van der Waals surface area contributed by atoms with E-state index in [2.05, 4.69) is 4.74 Å². The van der Waals surface area contributed by atoms with E-state index >= 15 is 0 Å². The summed E-state index contributed by atoms with van der Waals surface area (Å²) in [6, 6.07) is 2.59. The first-order valence-electron chi connectivity index (χ1n) is 5.71. The van der Waals surface area contributed by atoms with Crippen LogP contribution in [0.3, 0.4) is 0 Å². The van der Waals surface area contributed by atoms with Crippen molar-refractivity contribution in [1.29, 1.82) is 0 Å². The van der Waals surface area contributed by atoms with E-state index in [4.69, 9.17) is 4.74 Å². The maximum atomic E-state index is 13.7. The van der Waals surface area contributed by atoms with E-state index < -0.39 is 30.4 Å². The first-order valence-corrected chi connectivity index (χ1v) is 5.71. The minimum absolute atomic E-state index is 0. The highest BCUT2D eigenvalue weighted by atomic mass is 35.5. The molecule has 1 aliphatic rings. The number of benzene rings is 1. The average molecular weight is 310 g/mol. The Labute approximate surface area is 120 Å². The Hall–Kier alpha value is -1.76. The number of halogens is 3. The minimum Gasteiger partial charge on any atom is -0.504 e. The van der Waals surface area contributed by atoms with Crippen molar-refractivity contribution in [2.24, 2.45) is 0 Å². The number of alkyl halides is 2. The van der Waals surface area contributed by atoms with Crippen LogP contribution in [0.5, 0.6) is 11.5 Å². The molecular formula is C12H14ClF2NO4. The summed E-state index contributed by atoms with van der Waals surface area (Å²) in [7, 11) is 0. The van der Waals surface area contributed by atoms with Crippen LogP contribution in [0.4, 0.5) is 13.6 Å². The predicted octanol–water partition coefficient (Wildman–Crippen LogP) is 2.63. The molecule has 1 aliphatic heterocycles. The van der Waals surface area contributed by atoms with Crippen molar-refractivity contribution in [3.8, 4) is 11.5 Å². The van der Waals surface area contributed by atoms with Crippen LogP contribution in [-0.2, 0) is 4.74 Å². The van der Waals surface area contributed by atoms with Gasteiger partial charge in [0, 0.05) is 5.56 Å². The summed E-state index contributed by atoms with van der Waals surface area (Å²) in [5.41, 5.74) is -0.104. The molecule has 0 spiro atoms. The SMILES string of the molecule is CCOc1cccc([C@@H]2NC(=O)OCC2(F)F)c1O.Cl. The second kappa shape index (κ2) is 6.13. The molecule has 1 fully saturated rings. The average Bonchev–Trinajstić information content (AvgIpc) is 2.36. The molecule has 1 aromatic carbocycles. The molecule has 1 amide bonds. The van der Waals surface area contributed by atoms with Gasteiger partial charge in [0.05, 0.1) is 6.61 Å². The number of phenols is 1. The first kappa shape index (κ1) is 16.3. The van der Waals surface area contributed by atoms with Gasteiger partial charge in [-0.15, -0.1) is 12.4 Å². The third-order valence-corrected chi connectivity index (χ3v) is 2.72. The molecule has 0 bridgehead atoms. The van der Waals surface area contributed by atoms with Crippen molar-refractivity contribution < 1.29 is 28.2 Å². The fourth-order valence-corrected chi connectivity index (χ4v) is 1.86. The number of phenolic OH excluding ortho intramolecular Hbond substituents is 1. The van der Waals surface area contributed by atoms with Crippen LogP contribution >= 0.6 is 12.4 Å². The number of nitrogens with one attached hydrogen (secondary N) is 1. The van der Waals surface area contributed by atoms with Crippen molar-refractivity contribution >= 4 is 18.5 Å². The lowest BCUT2D eigenvalue weighted by Gasteiger charge is -2.32. The molecule has 2 rings (SSSR count). The number of hydrogen-bond acceptors (Lipinski definition) is 4. The summed E-state index contributed by atoms with van der Waals surface area (Å²) in [6.45, 7) is 0.965. The van der Waals surface area contributed by atoms with Crippen molar-refractivity contribution in [3.05, 3.63) is 23.8 Å². The molecule has 0 aromatic heterocycles. The van der Waals surface area contributed by atoms with Crippen molar-refractivity contribution in [2.45, 2.75) is 18.9 Å². The molecule has 0 radical (unpaired) electrons. The van der Waals surface area contributed by atoms with E-state index in [9.17, 15) is 18.7 Å². The molecule has 1 heterocycles. The number of aromatic hydroxyl groups is 1. The van der Waals surface area contributed by atoms with Gasteiger partial charge in [0.15, 0.2) is 18.1 Å². The molecule has 1 saturated heterocycles. The number of alkyl carbamates (subject to hydrolysis) is 1. The van der Waals surface area contributed by atoms with Gasteiger partial charge in [0.1, 0.15) is 6.04 Å². The van der Waals surface area contributed by atoms with Gasteiger partial charge in [-0.25, -0.2) is 13.6 Å². The standard InChI is InChI=1S/C12H13F2NO4.ClH/c1-2-18-8-5-3-4-7(9(8)16)10-12(13,14)6-19-11(17)15-10;/h3-5,10,16H,2,6H2,1H3,(H,15,17);1H/t10-;/m0./s1. The Morgan fingerprint density at radius 2 is 2.25 bits per heavy atom. The van der Waals surface area contributed by atoms with E-state index in [1.165, 1.54) is 18.2 Å². The number of cyclic esters (lactones) is 1. The van der Waals surface area contributed by atoms with Gasteiger partial charge in [0.2, 0.25) is 0 Å². The summed E-state index contributed by atoms with van der Waals surface area (Å²) in [6.07, 6.45) is -0.947. The van der Waals surface area contributed by atoms with E-state index in [0.717, 1.165) is 0 Å². The summed E-state index contributed by atoms with van der Waals surface area (Å²) in [5.74, 6) is -3.62. The molecule has 1 aromatic rings. The van der Waals surface area contributed by atoms with Gasteiger partial charge in [-0.05, 0) is 13.0 Å². The zero-order valence-electron chi connectivity index (χ0n) is 10.6. The van der Waals surface area contributed by atoms with Crippen molar-refractivity contribution in [2.75, 3.05) is 13.2 Å². The van der Waals surface area contributed by atoms with Crippen LogP contribution in [0, 0.1) is 0 Å². The zero-order chi connectivity index (χ0) is 14.0. The largest absolute Gasteiger partial charge is 0.504 e. The number of ether oxygens (including phenoxy) is 2. The van der Waals surface area contributed by atoms with E-state index in [1.807, 2.05) is 5.32 Å². The number of para-hydroxylation sites is 1. The van der Waals surface area contributed by atoms with Gasteiger partial charge in [-0.2, -0.15) is 0 Å². The topological polar surface area (TPSA) is 67.8 Å². The lowest BCUT2D eigenvalue weighted by atomic mass is 9.98. The summed E-state index contributed by atoms with van der Waals surface area (Å²) in [5, 5.41) is 11.9. The Morgan fingerprint density at radius 1 is 1.55 bits per heavy atom. The molecule has 0 aliphatic carbocycles. The van der Waals surface area contributed by atoms with Crippen LogP contribution in [0.2, 0.25) is 0 Å². The van der Waals surface area contributed by atoms with Crippen molar-refractivity contribution in [3.63, 3.8) is 0 Å². The van der Waals surface area contributed by atoms with E-state index in [1.54, 1.807) is 6.92 Å². The highest BCUT2D eigenvalue weighted by Gasteiger charge is 2.48. The molecule has 1 atom stereocenters. The monoisotopic (exact) mass is 309 g/mol. The maximum absolute atomic E-state index is 13.7. The molecule has 5 nitrogen and oxygen atoms in total. The summed E-state index contributed by atoms with van der Waals surface area (Å²) < 4.78 is 36.8. The molecule has 112 valence electrons. The van der Waals surface area contributed by atoms with Crippen LogP contribution < -0.4 is 10.1 Å². The third kappa shape index (κ3) is 3.04. The number of rotatable bonds is 3. The summed E-state index contributed by atoms with van der Waals surface area (Å²) >= 11 is 0. The van der Waals surface area contributed by atoms with Crippen LogP contribution in [0.1, 0.15) is 18.5 Å². The van der Waals surface area contributed by atoms with Gasteiger partial charge in [-0.3, -0.25) is 0 Å². The zero-order valence-corrected chi connectivity index (χ0v) is 11.4. The fraction of sp³-hybridized carbons (Fsp3) is 0.417. The van der Waals surface area contributed by atoms with Gasteiger partial charge < -0.3 is 19.9 Å². The van der Waals surface area contributed by atoms with Crippen LogP contribution in [0.15, 0.2) is 18.2 Å². The Morgan fingerprint density at radius 3 is 2.90 bits per heavy atom. The maximum Gasteiger partial charge on any atom is 0.408 e. The third-order valence-electron chi connectivity index (χ3n) is 2.72. The smallest absolute Gasteiger partial charge is 0.408 e. The quantitative estimate of drug-likeness (QED) is 0.900. The molecule has 2 N–H and O–H groups in total. The lowest BCUT2D eigenvalue weighted by molar-refractivity contribution is -0.104. The Bertz CT molecular complexity index is 498. The van der Waals surface area contributed by atoms with Gasteiger partial charge in [0.25, 0.3) is 0 Å². The Kier molecular flexibility index (Phi) is 4.99. The fourth-order valence-electron chi connectivity index (χ4n) is 1.86. The highest BCUT2D eigenvalue weighted by Crippen LogP contribution is 2.41.